The number of nitro benzene ring substituents is 1. The number of anilines is 1. The molecule has 4 amide bonds. The first kappa shape index (κ1) is 34.9. The molecule has 17 nitrogen and oxygen atoms in total. The highest BCUT2D eigenvalue weighted by atomic mass is 16.6. The van der Waals surface area contributed by atoms with Gasteiger partial charge in [-0.2, -0.15) is 0 Å². The van der Waals surface area contributed by atoms with Crippen LogP contribution in [0.5, 0.6) is 5.75 Å². The molecule has 0 aliphatic rings. The van der Waals surface area contributed by atoms with E-state index in [-0.39, 0.29) is 31.1 Å². The maximum Gasteiger partial charge on any atom is 0.407 e. The van der Waals surface area contributed by atoms with Gasteiger partial charge in [0, 0.05) is 37.0 Å². The van der Waals surface area contributed by atoms with Crippen molar-refractivity contribution in [1.29, 1.82) is 0 Å². The van der Waals surface area contributed by atoms with E-state index in [1.807, 2.05) is 0 Å². The number of nitrogens with zero attached hydrogens (tertiary/aromatic N) is 6. The number of amides is 4. The number of ether oxygens (including phenoxy) is 3. The topological polar surface area (TPSA) is 214 Å². The zero-order chi connectivity index (χ0) is 33.9. The summed E-state index contributed by atoms with van der Waals surface area (Å²) in [6, 6.07) is 10.5. The second-order valence-electron chi connectivity index (χ2n) is 11.8. The summed E-state index contributed by atoms with van der Waals surface area (Å²) in [4.78, 5) is 46.9. The van der Waals surface area contributed by atoms with E-state index < -0.39 is 40.4 Å². The van der Waals surface area contributed by atoms with Crippen molar-refractivity contribution >= 4 is 35.3 Å². The van der Waals surface area contributed by atoms with E-state index in [0.717, 1.165) is 0 Å². The van der Waals surface area contributed by atoms with E-state index in [0.29, 0.717) is 17.1 Å². The Kier molecular flexibility index (Phi) is 11.7. The summed E-state index contributed by atoms with van der Waals surface area (Å²) >= 11 is 0. The number of nitro groups is 1. The molecule has 0 fully saturated rings. The number of hydrogen-bond donors (Lipinski definition) is 3. The van der Waals surface area contributed by atoms with Crippen LogP contribution in [0.2, 0.25) is 0 Å². The van der Waals surface area contributed by atoms with Gasteiger partial charge in [0.1, 0.15) is 29.3 Å². The van der Waals surface area contributed by atoms with Gasteiger partial charge in [-0.25, -0.2) is 19.1 Å². The monoisotopic (exact) mass is 639 g/mol. The number of azo groups is 1. The molecule has 46 heavy (non-hydrogen) atoms. The van der Waals surface area contributed by atoms with Gasteiger partial charge in [0.25, 0.3) is 5.69 Å². The fourth-order valence-corrected chi connectivity index (χ4v) is 3.56. The van der Waals surface area contributed by atoms with Crippen LogP contribution in [0, 0.1) is 10.1 Å². The quantitative estimate of drug-likeness (QED) is 0.133. The summed E-state index contributed by atoms with van der Waals surface area (Å²) in [6.45, 7) is 10.6. The molecule has 3 rings (SSSR count). The fraction of sp³-hybridized carbons (Fsp3) is 0.414. The van der Waals surface area contributed by atoms with Crippen molar-refractivity contribution < 1.29 is 33.5 Å². The normalized spacial score (nSPS) is 11.6. The molecular formula is C29H37N9O8. The number of aromatic nitrogens is 3. The third kappa shape index (κ3) is 12.6. The van der Waals surface area contributed by atoms with E-state index in [2.05, 4.69) is 36.5 Å². The van der Waals surface area contributed by atoms with Crippen LogP contribution < -0.4 is 20.7 Å². The third-order valence-corrected chi connectivity index (χ3v) is 5.48. The largest absolute Gasteiger partial charge is 0.487 e. The van der Waals surface area contributed by atoms with Crippen LogP contribution in [0.25, 0.3) is 0 Å². The van der Waals surface area contributed by atoms with Crippen LogP contribution in [-0.4, -0.2) is 62.4 Å². The van der Waals surface area contributed by atoms with Crippen molar-refractivity contribution in [2.45, 2.75) is 65.4 Å². The number of carbonyl (C=O) groups is 3. The Bertz CT molecular complexity index is 1510. The van der Waals surface area contributed by atoms with Crippen LogP contribution in [0.3, 0.4) is 0 Å². The van der Waals surface area contributed by atoms with E-state index in [9.17, 15) is 24.5 Å². The van der Waals surface area contributed by atoms with Gasteiger partial charge in [-0.05, 0) is 65.8 Å². The van der Waals surface area contributed by atoms with Crippen LogP contribution >= 0.6 is 0 Å². The number of carbonyl (C=O) groups excluding carboxylic acids is 3. The number of hydrogen-bond acceptors (Lipinski definition) is 11. The fourth-order valence-electron chi connectivity index (χ4n) is 3.56. The van der Waals surface area contributed by atoms with Crippen molar-refractivity contribution in [3.05, 3.63) is 70.5 Å². The molecular weight excluding hydrogens is 602 g/mol. The smallest absolute Gasteiger partial charge is 0.407 e. The van der Waals surface area contributed by atoms with Crippen molar-refractivity contribution in [3.8, 4) is 5.75 Å². The summed E-state index contributed by atoms with van der Waals surface area (Å²) < 4.78 is 17.9. The van der Waals surface area contributed by atoms with E-state index in [4.69, 9.17) is 14.2 Å². The molecule has 0 bridgehead atoms. The van der Waals surface area contributed by atoms with Crippen LogP contribution in [0.15, 0.2) is 65.0 Å². The predicted molar refractivity (Wildman–Crippen MR) is 165 cm³/mol. The van der Waals surface area contributed by atoms with Crippen LogP contribution in [0.1, 0.15) is 53.3 Å². The molecule has 3 N–H and O–H groups in total. The molecule has 17 heteroatoms. The first-order chi connectivity index (χ1) is 21.6. The Hall–Kier alpha value is -5.61. The maximum absolute atomic E-state index is 12.2. The van der Waals surface area contributed by atoms with Crippen LogP contribution in [-0.2, 0) is 16.1 Å². The first-order valence-electron chi connectivity index (χ1n) is 14.1. The molecule has 246 valence electrons. The van der Waals surface area contributed by atoms with Crippen molar-refractivity contribution in [2.24, 2.45) is 10.2 Å². The number of rotatable bonds is 11. The third-order valence-electron chi connectivity index (χ3n) is 5.48. The maximum atomic E-state index is 12.2. The number of non-ortho nitro benzene ring substituents is 1. The summed E-state index contributed by atoms with van der Waals surface area (Å²) in [5.41, 5.74) is -0.374. The molecule has 1 heterocycles. The Morgan fingerprint density at radius 2 is 1.57 bits per heavy atom. The molecule has 0 saturated carbocycles. The lowest BCUT2D eigenvalue weighted by Gasteiger charge is -2.23. The Morgan fingerprint density at radius 3 is 2.13 bits per heavy atom. The summed E-state index contributed by atoms with van der Waals surface area (Å²) in [7, 11) is 0. The lowest BCUT2D eigenvalue weighted by Crippen LogP contribution is -2.41. The van der Waals surface area contributed by atoms with Crippen molar-refractivity contribution in [3.63, 3.8) is 0 Å². The SMILES string of the molecule is CC(C)(C)OC(=O)NCC(CNC(=O)OC(C)(C)C)n1cc(COc2cccc(NC(=O)N=Nc3ccc([N+](=O)[O-])cc3)c2)nn1. The van der Waals surface area contributed by atoms with Gasteiger partial charge in [0.2, 0.25) is 0 Å². The molecule has 0 aliphatic heterocycles. The molecule has 3 aromatic rings. The molecule has 2 aromatic carbocycles. The Morgan fingerprint density at radius 1 is 0.957 bits per heavy atom. The number of benzene rings is 2. The molecule has 0 saturated heterocycles. The second-order valence-corrected chi connectivity index (χ2v) is 11.8. The van der Waals surface area contributed by atoms with Gasteiger partial charge < -0.3 is 30.2 Å². The Labute approximate surface area is 264 Å². The highest BCUT2D eigenvalue weighted by molar-refractivity contribution is 5.89. The lowest BCUT2D eigenvalue weighted by molar-refractivity contribution is -0.384. The minimum Gasteiger partial charge on any atom is -0.487 e. The average Bonchev–Trinajstić information content (AvgIpc) is 3.42. The van der Waals surface area contributed by atoms with Gasteiger partial charge in [-0.3, -0.25) is 10.1 Å². The highest BCUT2D eigenvalue weighted by Gasteiger charge is 2.22. The van der Waals surface area contributed by atoms with Gasteiger partial charge >= 0.3 is 18.2 Å². The second kappa shape index (κ2) is 15.4. The summed E-state index contributed by atoms with van der Waals surface area (Å²) in [6.07, 6.45) is 0.360. The van der Waals surface area contributed by atoms with E-state index >= 15 is 0 Å². The van der Waals surface area contributed by atoms with Crippen LogP contribution in [0.4, 0.5) is 31.4 Å². The Balaban J connectivity index is 1.59. The van der Waals surface area contributed by atoms with Gasteiger partial charge in [-0.15, -0.1) is 10.2 Å². The molecule has 0 aliphatic carbocycles. The zero-order valence-electron chi connectivity index (χ0n) is 26.3. The minimum atomic E-state index is -0.760. The molecule has 1 aromatic heterocycles. The summed E-state index contributed by atoms with van der Waals surface area (Å²) in [5, 5.41) is 34.3. The standard InChI is InChI=1S/C29H37N9O8/c1-28(2,3)45-26(40)30-15-23(16-31-27(41)46-29(4,5)6)37-17-21(34-36-37)18-44-24-9-7-8-20(14-24)32-25(39)35-33-19-10-12-22(13-11-19)38(42)43/h7-14,17,23H,15-16,18H2,1-6H3,(H,30,40)(H,31,41)(H,32,39). The lowest BCUT2D eigenvalue weighted by atomic mass is 10.2. The number of alkyl carbamates (subject to hydrolysis) is 2. The van der Waals surface area contributed by atoms with E-state index in [1.54, 1.807) is 72.0 Å². The molecule has 0 spiro atoms. The average molecular weight is 640 g/mol. The van der Waals surface area contributed by atoms with Gasteiger partial charge in [0.05, 0.1) is 22.8 Å². The molecule has 0 unspecified atom stereocenters. The number of urea groups is 1. The molecule has 0 radical (unpaired) electrons. The predicted octanol–water partition coefficient (Wildman–Crippen LogP) is 5.67. The van der Waals surface area contributed by atoms with Crippen molar-refractivity contribution in [1.82, 2.24) is 25.6 Å². The summed E-state index contributed by atoms with van der Waals surface area (Å²) in [5.74, 6) is 0.411. The van der Waals surface area contributed by atoms with E-state index in [1.165, 1.54) is 28.9 Å². The van der Waals surface area contributed by atoms with Gasteiger partial charge in [-0.1, -0.05) is 16.4 Å². The molecule has 0 atom stereocenters. The van der Waals surface area contributed by atoms with Crippen molar-refractivity contribution in [2.75, 3.05) is 18.4 Å². The highest BCUT2D eigenvalue weighted by Crippen LogP contribution is 2.21. The first-order valence-corrected chi connectivity index (χ1v) is 14.1. The minimum absolute atomic E-state index is 0.0168. The number of nitrogens with one attached hydrogen (secondary N) is 3. The zero-order valence-corrected chi connectivity index (χ0v) is 26.3. The van der Waals surface area contributed by atoms with Gasteiger partial charge in [0.15, 0.2) is 0 Å².